The number of nitrogen functional groups attached to an aromatic ring is 1. The summed E-state index contributed by atoms with van der Waals surface area (Å²) < 4.78 is 10.2. The Labute approximate surface area is 69.3 Å². The molecule has 66 valence electrons. The Hall–Kier alpha value is -1.30. The third-order valence-electron chi connectivity index (χ3n) is 1.71. The fraction of sp³-hybridized carbons (Fsp3) is 0.667. The zero-order valence-electron chi connectivity index (χ0n) is 6.56. The normalized spacial score (nSPS) is 18.2. The zero-order valence-corrected chi connectivity index (χ0v) is 6.56. The summed E-state index contributed by atoms with van der Waals surface area (Å²) in [6.07, 6.45) is 0. The van der Waals surface area contributed by atoms with Crippen molar-refractivity contribution < 1.29 is 9.15 Å². The van der Waals surface area contributed by atoms with E-state index in [4.69, 9.17) is 14.9 Å². The first-order valence-electron chi connectivity index (χ1n) is 3.78. The monoisotopic (exact) mass is 170 g/mol. The summed E-state index contributed by atoms with van der Waals surface area (Å²) in [4.78, 5) is 1.95. The van der Waals surface area contributed by atoms with Crippen LogP contribution in [0.1, 0.15) is 0 Å². The summed E-state index contributed by atoms with van der Waals surface area (Å²) >= 11 is 0. The minimum absolute atomic E-state index is 0.108. The van der Waals surface area contributed by atoms with E-state index in [1.54, 1.807) is 0 Å². The molecule has 0 bridgehead atoms. The molecule has 0 unspecified atom stereocenters. The maximum Gasteiger partial charge on any atom is 0.319 e. The number of rotatable bonds is 1. The highest BCUT2D eigenvalue weighted by Gasteiger charge is 2.15. The first kappa shape index (κ1) is 7.35. The molecule has 1 saturated heterocycles. The van der Waals surface area contributed by atoms with Gasteiger partial charge in [-0.3, -0.25) is 0 Å². The smallest absolute Gasteiger partial charge is 0.319 e. The van der Waals surface area contributed by atoms with Gasteiger partial charge in [-0.2, -0.15) is 0 Å². The van der Waals surface area contributed by atoms with E-state index in [-0.39, 0.29) is 6.01 Å². The predicted molar refractivity (Wildman–Crippen MR) is 41.7 cm³/mol. The number of morpholine rings is 1. The van der Waals surface area contributed by atoms with Crippen LogP contribution in [0.3, 0.4) is 0 Å². The summed E-state index contributed by atoms with van der Waals surface area (Å²) in [5.74, 6) is 0. The van der Waals surface area contributed by atoms with Crippen molar-refractivity contribution in [3.8, 4) is 0 Å². The van der Waals surface area contributed by atoms with Gasteiger partial charge in [0.15, 0.2) is 0 Å². The van der Waals surface area contributed by atoms with Gasteiger partial charge in [-0.1, -0.05) is 10.2 Å². The van der Waals surface area contributed by atoms with Crippen LogP contribution >= 0.6 is 0 Å². The maximum atomic E-state index is 5.29. The van der Waals surface area contributed by atoms with Crippen LogP contribution in [0.15, 0.2) is 4.42 Å². The van der Waals surface area contributed by atoms with Crippen LogP contribution in [0.4, 0.5) is 12.0 Å². The highest BCUT2D eigenvalue weighted by molar-refractivity contribution is 5.27. The summed E-state index contributed by atoms with van der Waals surface area (Å²) in [7, 11) is 0. The van der Waals surface area contributed by atoms with Crippen LogP contribution in [0, 0.1) is 0 Å². The second kappa shape index (κ2) is 2.98. The van der Waals surface area contributed by atoms with E-state index in [1.807, 2.05) is 4.90 Å². The van der Waals surface area contributed by atoms with E-state index in [9.17, 15) is 0 Å². The van der Waals surface area contributed by atoms with Crippen molar-refractivity contribution in [1.29, 1.82) is 0 Å². The van der Waals surface area contributed by atoms with Crippen molar-refractivity contribution in [3.63, 3.8) is 0 Å². The van der Waals surface area contributed by atoms with Gasteiger partial charge in [0.1, 0.15) is 0 Å². The number of hydrogen-bond acceptors (Lipinski definition) is 6. The number of hydrogen-bond donors (Lipinski definition) is 1. The molecular formula is C6H10N4O2. The maximum absolute atomic E-state index is 5.29. The largest absolute Gasteiger partial charge is 0.390 e. The fourth-order valence-electron chi connectivity index (χ4n) is 1.11. The standard InChI is InChI=1S/C6H10N4O2/c7-5-8-9-6(12-5)10-1-3-11-4-2-10/h1-4H2,(H2,7,8). The molecule has 6 nitrogen and oxygen atoms in total. The molecule has 2 rings (SSSR count). The minimum Gasteiger partial charge on any atom is -0.390 e. The highest BCUT2D eigenvalue weighted by atomic mass is 16.5. The van der Waals surface area contributed by atoms with Crippen molar-refractivity contribution in [2.45, 2.75) is 0 Å². The quantitative estimate of drug-likeness (QED) is 0.611. The van der Waals surface area contributed by atoms with Crippen LogP contribution in [-0.2, 0) is 4.74 Å². The average Bonchev–Trinajstić information content (AvgIpc) is 2.54. The molecule has 0 saturated carbocycles. The van der Waals surface area contributed by atoms with Crippen LogP contribution in [0.25, 0.3) is 0 Å². The molecule has 0 aromatic carbocycles. The molecule has 0 atom stereocenters. The second-order valence-electron chi connectivity index (χ2n) is 2.52. The van der Waals surface area contributed by atoms with Gasteiger partial charge in [0.05, 0.1) is 13.2 Å². The van der Waals surface area contributed by atoms with Crippen LogP contribution in [0.2, 0.25) is 0 Å². The molecule has 0 aliphatic carbocycles. The van der Waals surface area contributed by atoms with Gasteiger partial charge in [0.2, 0.25) is 0 Å². The third-order valence-corrected chi connectivity index (χ3v) is 1.71. The van der Waals surface area contributed by atoms with Gasteiger partial charge in [-0.15, -0.1) is 0 Å². The summed E-state index contributed by atoms with van der Waals surface area (Å²) in [6.45, 7) is 2.95. The molecule has 1 aromatic rings. The van der Waals surface area contributed by atoms with Crippen molar-refractivity contribution in [1.82, 2.24) is 10.2 Å². The summed E-state index contributed by atoms with van der Waals surface area (Å²) in [5, 5.41) is 7.34. The van der Waals surface area contributed by atoms with E-state index in [2.05, 4.69) is 10.2 Å². The van der Waals surface area contributed by atoms with Crippen LogP contribution < -0.4 is 10.6 Å². The highest BCUT2D eigenvalue weighted by Crippen LogP contribution is 2.13. The van der Waals surface area contributed by atoms with Crippen molar-refractivity contribution in [2.75, 3.05) is 36.9 Å². The lowest BCUT2D eigenvalue weighted by Gasteiger charge is -2.24. The molecule has 0 amide bonds. The van der Waals surface area contributed by atoms with Crippen molar-refractivity contribution in [3.05, 3.63) is 0 Å². The zero-order chi connectivity index (χ0) is 8.39. The van der Waals surface area contributed by atoms with E-state index >= 15 is 0 Å². The Bertz CT molecular complexity index is 256. The molecule has 0 radical (unpaired) electrons. The van der Waals surface area contributed by atoms with Crippen LogP contribution in [0.5, 0.6) is 0 Å². The summed E-state index contributed by atoms with van der Waals surface area (Å²) in [5.41, 5.74) is 5.29. The van der Waals surface area contributed by atoms with E-state index in [0.29, 0.717) is 19.2 Å². The Morgan fingerprint density at radius 2 is 2.00 bits per heavy atom. The molecular weight excluding hydrogens is 160 g/mol. The topological polar surface area (TPSA) is 77.4 Å². The Morgan fingerprint density at radius 3 is 2.58 bits per heavy atom. The Morgan fingerprint density at radius 1 is 1.25 bits per heavy atom. The summed E-state index contributed by atoms with van der Waals surface area (Å²) in [6, 6.07) is 0.590. The number of ether oxygens (including phenoxy) is 1. The average molecular weight is 170 g/mol. The van der Waals surface area contributed by atoms with E-state index < -0.39 is 0 Å². The molecule has 12 heavy (non-hydrogen) atoms. The fourth-order valence-corrected chi connectivity index (χ4v) is 1.11. The molecule has 2 N–H and O–H groups in total. The van der Waals surface area contributed by atoms with E-state index in [1.165, 1.54) is 0 Å². The lowest BCUT2D eigenvalue weighted by Crippen LogP contribution is -2.36. The molecule has 2 heterocycles. The first-order valence-corrected chi connectivity index (χ1v) is 3.78. The molecule has 6 heteroatoms. The first-order chi connectivity index (χ1) is 5.86. The van der Waals surface area contributed by atoms with Gasteiger partial charge < -0.3 is 19.8 Å². The molecule has 0 spiro atoms. The number of nitrogens with zero attached hydrogens (tertiary/aromatic N) is 3. The van der Waals surface area contributed by atoms with Crippen molar-refractivity contribution in [2.24, 2.45) is 0 Å². The Kier molecular flexibility index (Phi) is 1.83. The van der Waals surface area contributed by atoms with Crippen molar-refractivity contribution >= 4 is 12.0 Å². The van der Waals surface area contributed by atoms with Gasteiger partial charge in [-0.25, -0.2) is 0 Å². The van der Waals surface area contributed by atoms with Gasteiger partial charge in [0.25, 0.3) is 0 Å². The minimum atomic E-state index is 0.108. The van der Waals surface area contributed by atoms with Gasteiger partial charge in [-0.05, 0) is 0 Å². The van der Waals surface area contributed by atoms with Gasteiger partial charge in [0, 0.05) is 13.1 Å². The molecule has 1 aromatic heterocycles. The number of aromatic nitrogens is 2. The molecule has 1 fully saturated rings. The Balaban J connectivity index is 2.08. The second-order valence-corrected chi connectivity index (χ2v) is 2.52. The SMILES string of the molecule is Nc1nnc(N2CCOCC2)o1. The number of anilines is 2. The van der Waals surface area contributed by atoms with E-state index in [0.717, 1.165) is 13.1 Å². The molecule has 1 aliphatic heterocycles. The van der Waals surface area contributed by atoms with Crippen LogP contribution in [-0.4, -0.2) is 36.5 Å². The predicted octanol–water partition coefficient (Wildman–Crippen LogP) is -0.512. The third kappa shape index (κ3) is 1.33. The lowest BCUT2D eigenvalue weighted by molar-refractivity contribution is 0.120. The van der Waals surface area contributed by atoms with Gasteiger partial charge >= 0.3 is 12.0 Å². The number of nitrogens with two attached hydrogens (primary N) is 1. The molecule has 1 aliphatic rings. The lowest BCUT2D eigenvalue weighted by atomic mass is 10.5.